The van der Waals surface area contributed by atoms with E-state index in [1.54, 1.807) is 6.07 Å². The predicted octanol–water partition coefficient (Wildman–Crippen LogP) is 4.77. The highest BCUT2D eigenvalue weighted by Gasteiger charge is 2.24. The van der Waals surface area contributed by atoms with Gasteiger partial charge in [-0.2, -0.15) is 10.1 Å². The molecule has 2 heterocycles. The summed E-state index contributed by atoms with van der Waals surface area (Å²) >= 11 is 0. The van der Waals surface area contributed by atoms with Crippen LogP contribution in [-0.2, 0) is 12.0 Å². The van der Waals surface area contributed by atoms with Gasteiger partial charge in [0.2, 0.25) is 0 Å². The molecule has 4 rings (SSSR count). The van der Waals surface area contributed by atoms with Crippen LogP contribution in [0.25, 0.3) is 17.1 Å². The van der Waals surface area contributed by atoms with Gasteiger partial charge in [0.15, 0.2) is 5.82 Å². The number of nitrogens with zero attached hydrogens (tertiary/aromatic N) is 4. The molecule has 0 atom stereocenters. The van der Waals surface area contributed by atoms with E-state index in [4.69, 9.17) is 4.52 Å². The average Bonchev–Trinajstić information content (AvgIpc) is 3.38. The summed E-state index contributed by atoms with van der Waals surface area (Å²) in [6, 6.07) is 17.2. The summed E-state index contributed by atoms with van der Waals surface area (Å²) in [6.07, 6.45) is 0. The van der Waals surface area contributed by atoms with Gasteiger partial charge in [-0.15, -0.1) is 0 Å². The lowest BCUT2D eigenvalue weighted by molar-refractivity contribution is 0.0951. The molecular formula is C25H27N5O2. The van der Waals surface area contributed by atoms with E-state index in [2.05, 4.69) is 20.6 Å². The number of para-hydroxylation sites is 1. The van der Waals surface area contributed by atoms with Crippen molar-refractivity contribution in [3.05, 3.63) is 82.9 Å². The summed E-state index contributed by atoms with van der Waals surface area (Å²) in [7, 11) is 0. The minimum absolute atomic E-state index is 0.206. The van der Waals surface area contributed by atoms with Crippen LogP contribution in [0, 0.1) is 13.8 Å². The van der Waals surface area contributed by atoms with Crippen LogP contribution in [0.2, 0.25) is 0 Å². The van der Waals surface area contributed by atoms with Gasteiger partial charge in [-0.25, -0.2) is 4.68 Å². The van der Waals surface area contributed by atoms with Crippen LogP contribution in [0.5, 0.6) is 0 Å². The summed E-state index contributed by atoms with van der Waals surface area (Å²) in [4.78, 5) is 17.6. The number of carbonyl (C=O) groups is 1. The number of benzene rings is 2. The number of aryl methyl sites for hydroxylation is 1. The van der Waals surface area contributed by atoms with Crippen LogP contribution in [0.4, 0.5) is 0 Å². The van der Waals surface area contributed by atoms with Crippen molar-refractivity contribution >= 4 is 5.91 Å². The second kappa shape index (κ2) is 8.42. The molecule has 2 aromatic heterocycles. The molecular weight excluding hydrogens is 402 g/mol. The van der Waals surface area contributed by atoms with E-state index in [-0.39, 0.29) is 11.3 Å². The SMILES string of the molecule is Cc1nn(-c2ccccc2)c(C)c1CNC(=O)c1ccccc1-c1nc(C(C)(C)C)no1. The second-order valence-corrected chi connectivity index (χ2v) is 8.80. The fourth-order valence-electron chi connectivity index (χ4n) is 3.52. The zero-order chi connectivity index (χ0) is 22.9. The smallest absolute Gasteiger partial charge is 0.258 e. The maximum Gasteiger partial charge on any atom is 0.258 e. The average molecular weight is 430 g/mol. The van der Waals surface area contributed by atoms with Crippen LogP contribution < -0.4 is 5.32 Å². The van der Waals surface area contributed by atoms with Crippen molar-refractivity contribution in [3.63, 3.8) is 0 Å². The summed E-state index contributed by atoms with van der Waals surface area (Å²) in [5.74, 6) is 0.731. The highest BCUT2D eigenvalue weighted by atomic mass is 16.5. The Morgan fingerprint density at radius 3 is 2.41 bits per heavy atom. The molecule has 0 spiro atoms. The number of nitrogens with one attached hydrogen (secondary N) is 1. The summed E-state index contributed by atoms with van der Waals surface area (Å²) in [6.45, 7) is 10.4. The fourth-order valence-corrected chi connectivity index (χ4v) is 3.52. The highest BCUT2D eigenvalue weighted by molar-refractivity contribution is 5.99. The third-order valence-electron chi connectivity index (χ3n) is 5.37. The van der Waals surface area contributed by atoms with E-state index in [0.29, 0.717) is 29.4 Å². The Kier molecular flexibility index (Phi) is 5.65. The molecule has 0 aliphatic carbocycles. The maximum absolute atomic E-state index is 13.1. The van der Waals surface area contributed by atoms with Crippen molar-refractivity contribution in [1.29, 1.82) is 0 Å². The molecule has 164 valence electrons. The molecule has 0 saturated carbocycles. The zero-order valence-electron chi connectivity index (χ0n) is 19.0. The third kappa shape index (κ3) is 4.19. The predicted molar refractivity (Wildman–Crippen MR) is 123 cm³/mol. The van der Waals surface area contributed by atoms with Crippen molar-refractivity contribution in [3.8, 4) is 17.1 Å². The van der Waals surface area contributed by atoms with Gasteiger partial charge in [-0.3, -0.25) is 4.79 Å². The maximum atomic E-state index is 13.1. The van der Waals surface area contributed by atoms with Crippen molar-refractivity contribution in [1.82, 2.24) is 25.2 Å². The second-order valence-electron chi connectivity index (χ2n) is 8.80. The lowest BCUT2D eigenvalue weighted by Crippen LogP contribution is -2.24. The van der Waals surface area contributed by atoms with Gasteiger partial charge < -0.3 is 9.84 Å². The first kappa shape index (κ1) is 21.5. The van der Waals surface area contributed by atoms with Crippen molar-refractivity contribution in [2.75, 3.05) is 0 Å². The molecule has 0 radical (unpaired) electrons. The van der Waals surface area contributed by atoms with Crippen LogP contribution in [0.1, 0.15) is 53.9 Å². The van der Waals surface area contributed by atoms with E-state index >= 15 is 0 Å². The molecule has 1 amide bonds. The van der Waals surface area contributed by atoms with Crippen molar-refractivity contribution in [2.45, 2.75) is 46.6 Å². The van der Waals surface area contributed by atoms with Crippen LogP contribution in [0.3, 0.4) is 0 Å². The summed E-state index contributed by atoms with van der Waals surface area (Å²) < 4.78 is 7.37. The first-order valence-electron chi connectivity index (χ1n) is 10.6. The van der Waals surface area contributed by atoms with Crippen molar-refractivity contribution < 1.29 is 9.32 Å². The Morgan fingerprint density at radius 1 is 1.03 bits per heavy atom. The van der Waals surface area contributed by atoms with E-state index in [0.717, 1.165) is 22.6 Å². The quantitative estimate of drug-likeness (QED) is 0.494. The number of aromatic nitrogens is 4. The molecule has 4 aromatic rings. The lowest BCUT2D eigenvalue weighted by Gasteiger charge is -2.11. The molecule has 7 heteroatoms. The molecule has 7 nitrogen and oxygen atoms in total. The Hall–Kier alpha value is -3.74. The van der Waals surface area contributed by atoms with E-state index < -0.39 is 0 Å². The Bertz CT molecular complexity index is 1250. The lowest BCUT2D eigenvalue weighted by atomic mass is 9.96. The topological polar surface area (TPSA) is 85.8 Å². The largest absolute Gasteiger partial charge is 0.348 e. The van der Waals surface area contributed by atoms with Gasteiger partial charge in [-0.1, -0.05) is 56.3 Å². The summed E-state index contributed by atoms with van der Waals surface area (Å²) in [5.41, 5.74) is 4.71. The molecule has 2 aromatic carbocycles. The minimum atomic E-state index is -0.243. The van der Waals surface area contributed by atoms with Crippen LogP contribution in [0.15, 0.2) is 59.1 Å². The number of hydrogen-bond acceptors (Lipinski definition) is 5. The van der Waals surface area contributed by atoms with Gasteiger partial charge in [0.25, 0.3) is 11.8 Å². The number of hydrogen-bond donors (Lipinski definition) is 1. The van der Waals surface area contributed by atoms with Crippen LogP contribution in [-0.4, -0.2) is 25.8 Å². The molecule has 0 saturated heterocycles. The molecule has 0 aliphatic heterocycles. The Balaban J connectivity index is 1.57. The highest BCUT2D eigenvalue weighted by Crippen LogP contribution is 2.26. The zero-order valence-corrected chi connectivity index (χ0v) is 19.0. The fraction of sp³-hybridized carbons (Fsp3) is 0.280. The minimum Gasteiger partial charge on any atom is -0.348 e. The monoisotopic (exact) mass is 429 g/mol. The van der Waals surface area contributed by atoms with E-state index in [1.165, 1.54) is 0 Å². The van der Waals surface area contributed by atoms with Crippen LogP contribution >= 0.6 is 0 Å². The molecule has 0 bridgehead atoms. The molecule has 0 fully saturated rings. The van der Waals surface area contributed by atoms with Crippen molar-refractivity contribution in [2.24, 2.45) is 0 Å². The molecule has 0 aliphatic rings. The van der Waals surface area contributed by atoms with Gasteiger partial charge in [0.1, 0.15) is 0 Å². The Labute approximate surface area is 187 Å². The summed E-state index contributed by atoms with van der Waals surface area (Å²) in [5, 5.41) is 11.8. The number of rotatable bonds is 5. The number of amides is 1. The van der Waals surface area contributed by atoms with Gasteiger partial charge >= 0.3 is 0 Å². The number of carbonyl (C=O) groups excluding carboxylic acids is 1. The molecule has 0 unspecified atom stereocenters. The molecule has 1 N–H and O–H groups in total. The standard InChI is InChI=1S/C25H27N5O2/c1-16-21(17(2)30(28-16)18-11-7-6-8-12-18)15-26-22(31)19-13-9-10-14-20(19)23-27-24(29-32-23)25(3,4)5/h6-14H,15H2,1-5H3,(H,26,31). The molecule has 32 heavy (non-hydrogen) atoms. The van der Waals surface area contributed by atoms with E-state index in [9.17, 15) is 4.79 Å². The first-order chi connectivity index (χ1) is 15.3. The third-order valence-corrected chi connectivity index (χ3v) is 5.37. The normalized spacial score (nSPS) is 11.5. The Morgan fingerprint density at radius 2 is 1.72 bits per heavy atom. The van der Waals surface area contributed by atoms with Gasteiger partial charge in [0.05, 0.1) is 22.5 Å². The van der Waals surface area contributed by atoms with E-state index in [1.807, 2.05) is 87.8 Å². The van der Waals surface area contributed by atoms with Gasteiger partial charge in [0, 0.05) is 23.2 Å². The van der Waals surface area contributed by atoms with Gasteiger partial charge in [-0.05, 0) is 38.1 Å². The first-order valence-corrected chi connectivity index (χ1v) is 10.6.